The number of piperidine rings is 1. The second kappa shape index (κ2) is 6.16. The summed E-state index contributed by atoms with van der Waals surface area (Å²) in [6, 6.07) is 5.73. The number of halogens is 1. The molecule has 1 saturated heterocycles. The quantitative estimate of drug-likeness (QED) is 0.872. The fourth-order valence-corrected chi connectivity index (χ4v) is 3.26. The smallest absolute Gasteiger partial charge is 0.139 e. The molecule has 2 heterocycles. The Morgan fingerprint density at radius 1 is 1.23 bits per heavy atom. The van der Waals surface area contributed by atoms with Gasteiger partial charge in [-0.25, -0.2) is 14.4 Å². The molecule has 2 aromatic rings. The van der Waals surface area contributed by atoms with Crippen LogP contribution < -0.4 is 4.90 Å². The first kappa shape index (κ1) is 15.2. The molecule has 0 aliphatic carbocycles. The van der Waals surface area contributed by atoms with Crippen molar-refractivity contribution < 1.29 is 4.39 Å². The Morgan fingerprint density at radius 3 is 2.64 bits per heavy atom. The molecule has 0 spiro atoms. The van der Waals surface area contributed by atoms with Crippen molar-refractivity contribution in [1.82, 2.24) is 14.9 Å². The van der Waals surface area contributed by atoms with Crippen molar-refractivity contribution in [3.8, 4) is 0 Å². The fraction of sp³-hybridized carbons (Fsp3) is 0.529. The van der Waals surface area contributed by atoms with Crippen LogP contribution in [0, 0.1) is 5.82 Å². The molecule has 22 heavy (non-hydrogen) atoms. The van der Waals surface area contributed by atoms with E-state index in [1.54, 1.807) is 12.4 Å². The average Bonchev–Trinajstić information content (AvgIpc) is 2.53. The molecule has 1 aromatic carbocycles. The Hall–Kier alpha value is -1.75. The summed E-state index contributed by atoms with van der Waals surface area (Å²) in [5.41, 5.74) is 0.790. The maximum absolute atomic E-state index is 13.6. The lowest BCUT2D eigenvalue weighted by atomic mass is 10.0. The zero-order valence-corrected chi connectivity index (χ0v) is 13.5. The minimum atomic E-state index is -0.244. The topological polar surface area (TPSA) is 32.3 Å². The van der Waals surface area contributed by atoms with Crippen LogP contribution in [0.3, 0.4) is 0 Å². The number of anilines is 1. The Kier molecular flexibility index (Phi) is 4.25. The predicted octanol–water partition coefficient (Wildman–Crippen LogP) is 3.08. The molecule has 1 aliphatic heterocycles. The zero-order chi connectivity index (χ0) is 15.7. The highest BCUT2D eigenvalue weighted by Gasteiger charge is 2.25. The summed E-state index contributed by atoms with van der Waals surface area (Å²) < 4.78 is 13.6. The van der Waals surface area contributed by atoms with E-state index in [4.69, 9.17) is 0 Å². The molecule has 118 valence electrons. The van der Waals surface area contributed by atoms with Crippen molar-refractivity contribution in [2.24, 2.45) is 0 Å². The molecule has 0 saturated carbocycles. The standard InChI is InChI=1S/C17H23FN4/c1-12(2)22-8-6-14(7-9-22)21(3)17-15-10-13(18)4-5-16(15)19-11-20-17/h4-5,10-12,14H,6-9H2,1-3H3. The number of aromatic nitrogens is 2. The zero-order valence-electron chi connectivity index (χ0n) is 13.5. The fourth-order valence-electron chi connectivity index (χ4n) is 3.26. The maximum Gasteiger partial charge on any atom is 0.139 e. The molecule has 1 fully saturated rings. The van der Waals surface area contributed by atoms with Gasteiger partial charge >= 0.3 is 0 Å². The van der Waals surface area contributed by atoms with Gasteiger partial charge in [-0.05, 0) is 44.9 Å². The van der Waals surface area contributed by atoms with Crippen LogP contribution in [0.15, 0.2) is 24.5 Å². The molecule has 0 bridgehead atoms. The SMILES string of the molecule is CC(C)N1CCC(N(C)c2ncnc3ccc(F)cc23)CC1. The van der Waals surface area contributed by atoms with E-state index < -0.39 is 0 Å². The minimum absolute atomic E-state index is 0.244. The van der Waals surface area contributed by atoms with E-state index in [1.807, 2.05) is 0 Å². The monoisotopic (exact) mass is 302 g/mol. The third-order valence-electron chi connectivity index (χ3n) is 4.69. The van der Waals surface area contributed by atoms with E-state index in [1.165, 1.54) is 12.1 Å². The van der Waals surface area contributed by atoms with E-state index in [0.717, 1.165) is 42.7 Å². The summed E-state index contributed by atoms with van der Waals surface area (Å²) in [4.78, 5) is 13.3. The Morgan fingerprint density at radius 2 is 1.95 bits per heavy atom. The van der Waals surface area contributed by atoms with Gasteiger partial charge in [0.05, 0.1) is 5.52 Å². The molecule has 0 unspecified atom stereocenters. The Balaban J connectivity index is 1.84. The summed E-state index contributed by atoms with van der Waals surface area (Å²) in [6.45, 7) is 6.68. The van der Waals surface area contributed by atoms with Crippen LogP contribution in [-0.2, 0) is 0 Å². The Bertz CT molecular complexity index is 650. The highest BCUT2D eigenvalue weighted by atomic mass is 19.1. The molecular formula is C17H23FN4. The van der Waals surface area contributed by atoms with Crippen molar-refractivity contribution in [2.45, 2.75) is 38.8 Å². The van der Waals surface area contributed by atoms with Crippen molar-refractivity contribution in [1.29, 1.82) is 0 Å². The van der Waals surface area contributed by atoms with Gasteiger partial charge in [-0.15, -0.1) is 0 Å². The summed E-state index contributed by atoms with van der Waals surface area (Å²) in [7, 11) is 2.06. The summed E-state index contributed by atoms with van der Waals surface area (Å²) >= 11 is 0. The minimum Gasteiger partial charge on any atom is -0.356 e. The average molecular weight is 302 g/mol. The molecule has 0 amide bonds. The molecule has 1 aliphatic rings. The van der Waals surface area contributed by atoms with Gasteiger partial charge in [-0.2, -0.15) is 0 Å². The van der Waals surface area contributed by atoms with Gasteiger partial charge in [-0.3, -0.25) is 0 Å². The van der Waals surface area contributed by atoms with Crippen molar-refractivity contribution in [3.05, 3.63) is 30.3 Å². The number of hydrogen-bond donors (Lipinski definition) is 0. The van der Waals surface area contributed by atoms with Crippen molar-refractivity contribution in [3.63, 3.8) is 0 Å². The van der Waals surface area contributed by atoms with Crippen LogP contribution in [0.25, 0.3) is 10.9 Å². The molecule has 1 aromatic heterocycles. The second-order valence-corrected chi connectivity index (χ2v) is 6.33. The van der Waals surface area contributed by atoms with E-state index in [0.29, 0.717) is 12.1 Å². The molecule has 0 radical (unpaired) electrons. The van der Waals surface area contributed by atoms with E-state index >= 15 is 0 Å². The van der Waals surface area contributed by atoms with Gasteiger partial charge in [0, 0.05) is 37.6 Å². The van der Waals surface area contributed by atoms with Gasteiger partial charge in [0.1, 0.15) is 18.0 Å². The van der Waals surface area contributed by atoms with Crippen LogP contribution in [0.5, 0.6) is 0 Å². The van der Waals surface area contributed by atoms with Crippen molar-refractivity contribution in [2.75, 3.05) is 25.0 Å². The number of nitrogens with zero attached hydrogens (tertiary/aromatic N) is 4. The lowest BCUT2D eigenvalue weighted by molar-refractivity contribution is 0.171. The van der Waals surface area contributed by atoms with E-state index in [9.17, 15) is 4.39 Å². The van der Waals surface area contributed by atoms with E-state index in [-0.39, 0.29) is 5.82 Å². The van der Waals surface area contributed by atoms with Crippen LogP contribution in [0.2, 0.25) is 0 Å². The van der Waals surface area contributed by atoms with Gasteiger partial charge in [0.25, 0.3) is 0 Å². The lowest BCUT2D eigenvalue weighted by Gasteiger charge is -2.39. The highest BCUT2D eigenvalue weighted by molar-refractivity contribution is 5.89. The first-order chi connectivity index (χ1) is 10.6. The maximum atomic E-state index is 13.6. The normalized spacial score (nSPS) is 17.3. The molecular weight excluding hydrogens is 279 g/mol. The predicted molar refractivity (Wildman–Crippen MR) is 87.6 cm³/mol. The summed E-state index contributed by atoms with van der Waals surface area (Å²) in [6.07, 6.45) is 3.78. The van der Waals surface area contributed by atoms with Gasteiger partial charge in [-0.1, -0.05) is 0 Å². The Labute approximate surface area is 131 Å². The van der Waals surface area contributed by atoms with Gasteiger partial charge in [0.2, 0.25) is 0 Å². The molecule has 5 heteroatoms. The summed E-state index contributed by atoms with van der Waals surface area (Å²) in [5.74, 6) is 0.582. The molecule has 3 rings (SSSR count). The van der Waals surface area contributed by atoms with E-state index in [2.05, 4.69) is 40.7 Å². The third-order valence-corrected chi connectivity index (χ3v) is 4.69. The van der Waals surface area contributed by atoms with Crippen LogP contribution >= 0.6 is 0 Å². The number of likely N-dealkylation sites (tertiary alicyclic amines) is 1. The number of hydrogen-bond acceptors (Lipinski definition) is 4. The summed E-state index contributed by atoms with van der Waals surface area (Å²) in [5, 5.41) is 0.788. The van der Waals surface area contributed by atoms with Gasteiger partial charge < -0.3 is 9.80 Å². The molecule has 0 N–H and O–H groups in total. The van der Waals surface area contributed by atoms with Crippen LogP contribution in [0.4, 0.5) is 10.2 Å². The molecule has 0 atom stereocenters. The first-order valence-corrected chi connectivity index (χ1v) is 7.93. The third kappa shape index (κ3) is 2.90. The number of benzene rings is 1. The van der Waals surface area contributed by atoms with Gasteiger partial charge in [0.15, 0.2) is 0 Å². The highest BCUT2D eigenvalue weighted by Crippen LogP contribution is 2.27. The second-order valence-electron chi connectivity index (χ2n) is 6.33. The van der Waals surface area contributed by atoms with Crippen LogP contribution in [0.1, 0.15) is 26.7 Å². The largest absolute Gasteiger partial charge is 0.356 e. The lowest BCUT2D eigenvalue weighted by Crippen LogP contribution is -2.46. The van der Waals surface area contributed by atoms with Crippen molar-refractivity contribution >= 4 is 16.7 Å². The first-order valence-electron chi connectivity index (χ1n) is 7.93. The number of rotatable bonds is 3. The molecule has 4 nitrogen and oxygen atoms in total. The van der Waals surface area contributed by atoms with Crippen LogP contribution in [-0.4, -0.2) is 47.1 Å². The number of fused-ring (bicyclic) bond motifs is 1.